The minimum atomic E-state index is -1.85. The molecule has 2 N–H and O–H groups in total. The molecule has 0 saturated carbocycles. The molecule has 2 saturated heterocycles. The van der Waals surface area contributed by atoms with Gasteiger partial charge in [-0.25, -0.2) is 9.59 Å². The van der Waals surface area contributed by atoms with E-state index in [2.05, 4.69) is 5.32 Å². The molecule has 4 amide bonds. The summed E-state index contributed by atoms with van der Waals surface area (Å²) < 4.78 is 29.2. The molecule has 0 spiro atoms. The Morgan fingerprint density at radius 1 is 1.14 bits per heavy atom. The van der Waals surface area contributed by atoms with Gasteiger partial charge >= 0.3 is 12.1 Å². The van der Waals surface area contributed by atoms with E-state index in [0.29, 0.717) is 24.3 Å². The summed E-state index contributed by atoms with van der Waals surface area (Å²) in [7, 11) is 7.44. The Morgan fingerprint density at radius 2 is 1.82 bits per heavy atom. The molecule has 9 atom stereocenters. The first kappa shape index (κ1) is 44.5. The van der Waals surface area contributed by atoms with Gasteiger partial charge in [-0.05, 0) is 58.2 Å². The number of benzene rings is 1. The molecule has 3 heterocycles. The number of hydrogen-bond donors (Lipinski definition) is 2. The van der Waals surface area contributed by atoms with Crippen molar-refractivity contribution in [1.29, 1.82) is 0 Å². The lowest BCUT2D eigenvalue weighted by molar-refractivity contribution is -0.163. The number of methoxy groups -OCH3 is 2. The van der Waals surface area contributed by atoms with Gasteiger partial charge in [0.15, 0.2) is 5.72 Å². The molecular weight excluding hydrogens is 748 g/mol. The normalized spacial score (nSPS) is 30.6. The van der Waals surface area contributed by atoms with Crippen LogP contribution < -0.4 is 15.0 Å². The van der Waals surface area contributed by atoms with E-state index in [-0.39, 0.29) is 30.2 Å². The lowest BCUT2D eigenvalue weighted by atomic mass is 9.83. The second-order valence-corrected chi connectivity index (χ2v) is 15.7. The summed E-state index contributed by atoms with van der Waals surface area (Å²) in [5, 5.41) is 14.5. The van der Waals surface area contributed by atoms with Crippen LogP contribution in [-0.2, 0) is 44.5 Å². The number of rotatable bonds is 9. The van der Waals surface area contributed by atoms with Crippen molar-refractivity contribution in [2.75, 3.05) is 40.3 Å². The van der Waals surface area contributed by atoms with Gasteiger partial charge in [-0.2, -0.15) is 0 Å². The average Bonchev–Trinajstić information content (AvgIpc) is 3.85. The summed E-state index contributed by atoms with van der Waals surface area (Å²) in [6, 6.07) is 1.59. The molecule has 16 heteroatoms. The van der Waals surface area contributed by atoms with Crippen molar-refractivity contribution in [1.82, 2.24) is 15.1 Å². The minimum Gasteiger partial charge on any atom is -0.495 e. The van der Waals surface area contributed by atoms with Gasteiger partial charge in [0.05, 0.1) is 25.3 Å². The number of anilines is 1. The van der Waals surface area contributed by atoms with Gasteiger partial charge in [-0.3, -0.25) is 19.7 Å². The molecule has 1 aromatic rings. The van der Waals surface area contributed by atoms with Crippen LogP contribution in [0, 0.1) is 5.92 Å². The van der Waals surface area contributed by atoms with Gasteiger partial charge in [0.1, 0.15) is 46.8 Å². The molecule has 15 nitrogen and oxygen atoms in total. The number of allylic oxidation sites excluding steroid dienone is 3. The van der Waals surface area contributed by atoms with Gasteiger partial charge < -0.3 is 43.5 Å². The van der Waals surface area contributed by atoms with Crippen LogP contribution in [0.3, 0.4) is 0 Å². The number of ether oxygens (including phenoxy) is 5. The van der Waals surface area contributed by atoms with Crippen molar-refractivity contribution in [2.45, 2.75) is 121 Å². The van der Waals surface area contributed by atoms with E-state index in [0.717, 1.165) is 11.1 Å². The summed E-state index contributed by atoms with van der Waals surface area (Å²) >= 11 is 6.77. The number of alkyl carbamates (subject to hydrolysis) is 1. The average molecular weight is 805 g/mol. The highest BCUT2D eigenvalue weighted by Gasteiger charge is 2.64. The maximum atomic E-state index is 14.2. The number of fused-ring (bicyclic) bond motifs is 5. The van der Waals surface area contributed by atoms with E-state index in [9.17, 15) is 29.1 Å². The molecule has 1 aromatic carbocycles. The van der Waals surface area contributed by atoms with Crippen LogP contribution >= 0.6 is 11.6 Å². The molecule has 0 aromatic heterocycles. The number of amides is 4. The first-order chi connectivity index (χ1) is 26.2. The Hall–Kier alpha value is -4.18. The van der Waals surface area contributed by atoms with E-state index in [1.165, 1.54) is 49.9 Å². The quantitative estimate of drug-likeness (QED) is 0.271. The van der Waals surface area contributed by atoms with Crippen LogP contribution in [0.1, 0.15) is 72.8 Å². The van der Waals surface area contributed by atoms with Crippen LogP contribution in [0.15, 0.2) is 35.9 Å². The number of carbonyl (C=O) groups excluding carboxylic acids is 5. The number of epoxide rings is 1. The summed E-state index contributed by atoms with van der Waals surface area (Å²) in [4.78, 5) is 70.9. The van der Waals surface area contributed by atoms with Crippen molar-refractivity contribution in [2.24, 2.45) is 5.92 Å². The van der Waals surface area contributed by atoms with Crippen LogP contribution in [-0.4, -0.2) is 128 Å². The fourth-order valence-corrected chi connectivity index (χ4v) is 7.57. The third kappa shape index (κ3) is 9.50. The second kappa shape index (κ2) is 18.0. The first-order valence-corrected chi connectivity index (χ1v) is 19.2. The summed E-state index contributed by atoms with van der Waals surface area (Å²) in [5.74, 6) is -2.16. The number of esters is 1. The van der Waals surface area contributed by atoms with E-state index in [1.54, 1.807) is 52.1 Å². The monoisotopic (exact) mass is 804 g/mol. The molecule has 0 aliphatic carbocycles. The van der Waals surface area contributed by atoms with Crippen LogP contribution in [0.4, 0.5) is 10.5 Å². The molecule has 9 unspecified atom stereocenters. The van der Waals surface area contributed by atoms with Crippen molar-refractivity contribution in [3.8, 4) is 5.75 Å². The highest BCUT2D eigenvalue weighted by molar-refractivity contribution is 6.35. The fourth-order valence-electron chi connectivity index (χ4n) is 7.26. The van der Waals surface area contributed by atoms with Gasteiger partial charge in [0.2, 0.25) is 17.7 Å². The fraction of sp³-hybridized carbons (Fsp3) is 0.625. The number of nitrogens with zero attached hydrogens (tertiary/aromatic N) is 3. The minimum absolute atomic E-state index is 0.0744. The maximum absolute atomic E-state index is 14.2. The molecular formula is C40H57ClN4O11. The van der Waals surface area contributed by atoms with E-state index < -0.39 is 77.6 Å². The van der Waals surface area contributed by atoms with Gasteiger partial charge in [0, 0.05) is 47.0 Å². The van der Waals surface area contributed by atoms with Crippen LogP contribution in [0.2, 0.25) is 5.02 Å². The number of halogens is 1. The number of aliphatic hydroxyl groups is 1. The zero-order valence-corrected chi connectivity index (χ0v) is 35.0. The largest absolute Gasteiger partial charge is 0.495 e. The van der Waals surface area contributed by atoms with E-state index in [4.69, 9.17) is 35.3 Å². The zero-order valence-electron chi connectivity index (χ0n) is 34.2. The Balaban J connectivity index is 1.73. The standard InChI is InChI=1S/C40H57ClN4O11/c1-12-14-32(46)43(7)24(4)36(48)44(8)25(5)37(49)55-31-20-33(47)45(9)27-18-26(19-28(52-10)34(27)41)17-22(2)15-13-16-30(53-11)40(51)21-29(54-38(50)42-40)23(3)35-39(31,6)56-35/h13,15-16,18-19,23-25,29-31,35,51H,12,14,17,20-21H2,1-11H3,(H,42,50)/b16-13+,22-15+. The molecule has 56 heavy (non-hydrogen) atoms. The predicted molar refractivity (Wildman–Crippen MR) is 208 cm³/mol. The molecule has 310 valence electrons. The van der Waals surface area contributed by atoms with Crippen molar-refractivity contribution in [3.63, 3.8) is 0 Å². The van der Waals surface area contributed by atoms with Crippen LogP contribution in [0.5, 0.6) is 5.75 Å². The van der Waals surface area contributed by atoms with Crippen molar-refractivity contribution >= 4 is 47.1 Å². The summed E-state index contributed by atoms with van der Waals surface area (Å²) in [6.45, 7) is 10.3. The van der Waals surface area contributed by atoms with E-state index >= 15 is 0 Å². The molecule has 3 aliphatic heterocycles. The smallest absolute Gasteiger partial charge is 0.409 e. The molecule has 2 fully saturated rings. The lowest BCUT2D eigenvalue weighted by Gasteiger charge is -2.42. The first-order valence-electron chi connectivity index (χ1n) is 18.8. The zero-order chi connectivity index (χ0) is 41.9. The number of nitrogens with one attached hydrogen (secondary N) is 1. The molecule has 4 bridgehead atoms. The van der Waals surface area contributed by atoms with Crippen molar-refractivity contribution < 1.29 is 52.8 Å². The lowest BCUT2D eigenvalue weighted by Crippen LogP contribution is -2.63. The topological polar surface area (TPSA) is 177 Å². The maximum Gasteiger partial charge on any atom is 0.409 e. The second-order valence-electron chi connectivity index (χ2n) is 15.3. The summed E-state index contributed by atoms with van der Waals surface area (Å²) in [6.07, 6.45) is 1.54. The Labute approximate surface area is 334 Å². The molecule has 0 radical (unpaired) electrons. The third-order valence-corrected chi connectivity index (χ3v) is 11.7. The van der Waals surface area contributed by atoms with Gasteiger partial charge in [-0.1, -0.05) is 49.2 Å². The van der Waals surface area contributed by atoms with Crippen LogP contribution in [0.25, 0.3) is 0 Å². The third-order valence-electron chi connectivity index (χ3n) is 11.3. The molecule has 4 rings (SSSR count). The highest BCUT2D eigenvalue weighted by Crippen LogP contribution is 2.49. The Morgan fingerprint density at radius 3 is 2.45 bits per heavy atom. The van der Waals surface area contributed by atoms with Crippen molar-refractivity contribution in [3.05, 3.63) is 46.5 Å². The van der Waals surface area contributed by atoms with E-state index in [1.807, 2.05) is 19.9 Å². The number of hydrogen-bond acceptors (Lipinski definition) is 11. The number of likely N-dealkylation sites (N-methyl/N-ethyl adjacent to an activating group) is 2. The molecule has 3 aliphatic rings. The van der Waals surface area contributed by atoms with Gasteiger partial charge in [0.25, 0.3) is 0 Å². The number of carbonyl (C=O) groups is 5. The SMILES string of the molecule is CCCC(=O)N(C)C(C)C(=O)N(C)C(C)C(=O)OC1CC(=O)N(C)c2cc(cc(OC)c2Cl)C/C(C)=C/C=C/C(OC)C2(O)CC(OC(=O)N2)C(C)C2OC12C. The van der Waals surface area contributed by atoms with Gasteiger partial charge in [-0.15, -0.1) is 0 Å². The highest BCUT2D eigenvalue weighted by atomic mass is 35.5. The summed E-state index contributed by atoms with van der Waals surface area (Å²) in [5.41, 5.74) is -1.05. The predicted octanol–water partition coefficient (Wildman–Crippen LogP) is 4.16. The Bertz CT molecular complexity index is 1740. The Kier molecular flexibility index (Phi) is 14.3.